The van der Waals surface area contributed by atoms with Gasteiger partial charge in [-0.1, -0.05) is 0 Å². The third-order valence-electron chi connectivity index (χ3n) is 3.39. The summed E-state index contributed by atoms with van der Waals surface area (Å²) in [6.07, 6.45) is -1.19. The molecule has 0 spiro atoms. The number of hydrogen-bond acceptors (Lipinski definition) is 4. The van der Waals surface area contributed by atoms with Crippen LogP contribution in [0.1, 0.15) is 6.42 Å². The normalized spacial score (nSPS) is 19.1. The number of rotatable bonds is 7. The lowest BCUT2D eigenvalue weighted by Gasteiger charge is -2.37. The second kappa shape index (κ2) is 8.19. The summed E-state index contributed by atoms with van der Waals surface area (Å²) < 4.78 is 50.2. The lowest BCUT2D eigenvalue weighted by molar-refractivity contribution is -0.148. The van der Waals surface area contributed by atoms with Crippen LogP contribution in [0.5, 0.6) is 0 Å². The van der Waals surface area contributed by atoms with Crippen LogP contribution in [0.2, 0.25) is 0 Å². The summed E-state index contributed by atoms with van der Waals surface area (Å²) in [6, 6.07) is -0.591. The molecule has 0 aromatic heterocycles. The zero-order valence-corrected chi connectivity index (χ0v) is 12.7. The van der Waals surface area contributed by atoms with Gasteiger partial charge in [0.05, 0.1) is 12.6 Å². The Balaban J connectivity index is 2.40. The maximum Gasteiger partial charge on any atom is 0.319 e. The molecule has 1 fully saturated rings. The van der Waals surface area contributed by atoms with E-state index in [1.54, 1.807) is 11.8 Å². The molecule has 1 aliphatic rings. The van der Waals surface area contributed by atoms with Crippen LogP contribution in [0.15, 0.2) is 0 Å². The predicted molar refractivity (Wildman–Crippen MR) is 74.9 cm³/mol. The molecule has 1 rings (SSSR count). The minimum Gasteiger partial charge on any atom is -0.339 e. The maximum atomic E-state index is 13.0. The van der Waals surface area contributed by atoms with Gasteiger partial charge in [0.25, 0.3) is 0 Å². The van der Waals surface area contributed by atoms with Gasteiger partial charge in [-0.05, 0) is 18.4 Å². The lowest BCUT2D eigenvalue weighted by atomic mass is 10.2. The van der Waals surface area contributed by atoms with Gasteiger partial charge in [0.2, 0.25) is 5.91 Å². The average molecular weight is 331 g/mol. The molecule has 124 valence electrons. The number of thioether (sulfide) groups is 1. The van der Waals surface area contributed by atoms with Crippen LogP contribution in [0.4, 0.5) is 17.6 Å². The van der Waals surface area contributed by atoms with Gasteiger partial charge < -0.3 is 10.6 Å². The number of halogens is 4. The Labute approximate surface area is 126 Å². The van der Waals surface area contributed by atoms with E-state index in [-0.39, 0.29) is 32.1 Å². The zero-order chi connectivity index (χ0) is 16.0. The fourth-order valence-corrected chi connectivity index (χ4v) is 2.59. The first kappa shape index (κ1) is 18.5. The van der Waals surface area contributed by atoms with Crippen molar-refractivity contribution in [3.63, 3.8) is 0 Å². The molecule has 1 heterocycles. The van der Waals surface area contributed by atoms with E-state index in [0.29, 0.717) is 6.42 Å². The molecule has 1 aliphatic heterocycles. The van der Waals surface area contributed by atoms with E-state index in [1.165, 1.54) is 9.80 Å². The summed E-state index contributed by atoms with van der Waals surface area (Å²) in [5.41, 5.74) is 5.77. The van der Waals surface area contributed by atoms with Crippen LogP contribution in [0.25, 0.3) is 0 Å². The smallest absolute Gasteiger partial charge is 0.319 e. The molecule has 0 saturated carbocycles. The Bertz CT molecular complexity index is 338. The topological polar surface area (TPSA) is 49.6 Å². The summed E-state index contributed by atoms with van der Waals surface area (Å²) in [6.45, 7) is -0.186. The monoisotopic (exact) mass is 331 g/mol. The second-order valence-corrected chi connectivity index (χ2v) is 6.04. The van der Waals surface area contributed by atoms with Crippen LogP contribution in [0, 0.1) is 0 Å². The molecule has 1 amide bonds. The van der Waals surface area contributed by atoms with Gasteiger partial charge in [-0.2, -0.15) is 20.5 Å². The van der Waals surface area contributed by atoms with Crippen LogP contribution in [0.3, 0.4) is 0 Å². The largest absolute Gasteiger partial charge is 0.339 e. The summed E-state index contributed by atoms with van der Waals surface area (Å²) in [5, 5.41) is 0. The molecule has 0 aromatic rings. The Morgan fingerprint density at radius 1 is 1.29 bits per heavy atom. The van der Waals surface area contributed by atoms with E-state index in [2.05, 4.69) is 0 Å². The molecule has 0 aromatic carbocycles. The highest BCUT2D eigenvalue weighted by molar-refractivity contribution is 7.98. The fourth-order valence-electron chi connectivity index (χ4n) is 2.10. The van der Waals surface area contributed by atoms with Gasteiger partial charge in [-0.3, -0.25) is 9.69 Å². The molecule has 2 N–H and O–H groups in total. The first-order valence-electron chi connectivity index (χ1n) is 6.69. The van der Waals surface area contributed by atoms with Crippen molar-refractivity contribution in [1.29, 1.82) is 0 Å². The summed E-state index contributed by atoms with van der Waals surface area (Å²) in [5.74, 6) is -3.45. The number of piperazine rings is 1. The van der Waals surface area contributed by atoms with E-state index < -0.39 is 24.9 Å². The number of nitrogens with two attached hydrogens (primary N) is 1. The third-order valence-corrected chi connectivity index (χ3v) is 4.03. The molecular weight excluding hydrogens is 310 g/mol. The maximum absolute atomic E-state index is 13.0. The fraction of sp³-hybridized carbons (Fsp3) is 0.917. The molecule has 0 radical (unpaired) electrons. The van der Waals surface area contributed by atoms with Crippen molar-refractivity contribution < 1.29 is 22.4 Å². The molecule has 1 saturated heterocycles. The van der Waals surface area contributed by atoms with Crippen LogP contribution in [-0.2, 0) is 4.79 Å². The SMILES string of the molecule is CSCC[C@H](N)C(=O)N1CCN(CC(F)(F)C(F)F)CC1. The van der Waals surface area contributed by atoms with E-state index in [4.69, 9.17) is 5.73 Å². The Kier molecular flexibility index (Phi) is 7.22. The number of amides is 1. The quantitative estimate of drug-likeness (QED) is 0.710. The van der Waals surface area contributed by atoms with E-state index >= 15 is 0 Å². The van der Waals surface area contributed by atoms with Gasteiger partial charge in [-0.25, -0.2) is 8.78 Å². The van der Waals surface area contributed by atoms with E-state index in [9.17, 15) is 22.4 Å². The Morgan fingerprint density at radius 3 is 2.33 bits per heavy atom. The Morgan fingerprint density at radius 2 is 1.86 bits per heavy atom. The van der Waals surface area contributed by atoms with E-state index in [0.717, 1.165) is 5.75 Å². The highest BCUT2D eigenvalue weighted by atomic mass is 32.2. The van der Waals surface area contributed by atoms with Gasteiger partial charge in [0.1, 0.15) is 0 Å². The highest BCUT2D eigenvalue weighted by Crippen LogP contribution is 2.24. The standard InChI is InChI=1S/C12H21F4N3OS/c1-21-7-2-9(17)10(20)19-5-3-18(4-6-19)8-12(15,16)11(13)14/h9,11H,2-8,17H2,1H3/t9-/m0/s1. The van der Waals surface area contributed by atoms with Crippen LogP contribution < -0.4 is 5.73 Å². The number of alkyl halides is 4. The number of hydrogen-bond donors (Lipinski definition) is 1. The number of carbonyl (C=O) groups is 1. The van der Waals surface area contributed by atoms with Crippen LogP contribution in [-0.4, -0.2) is 78.8 Å². The predicted octanol–water partition coefficient (Wildman–Crippen LogP) is 1.11. The first-order chi connectivity index (χ1) is 9.77. The van der Waals surface area contributed by atoms with Crippen molar-refractivity contribution in [3.05, 3.63) is 0 Å². The van der Waals surface area contributed by atoms with Gasteiger partial charge in [0, 0.05) is 26.2 Å². The van der Waals surface area contributed by atoms with Crippen molar-refractivity contribution in [2.45, 2.75) is 24.8 Å². The zero-order valence-electron chi connectivity index (χ0n) is 11.9. The molecule has 0 aliphatic carbocycles. The third kappa shape index (κ3) is 5.63. The molecule has 4 nitrogen and oxygen atoms in total. The molecule has 0 bridgehead atoms. The van der Waals surface area contributed by atoms with Crippen molar-refractivity contribution in [2.24, 2.45) is 5.73 Å². The minimum atomic E-state index is -4.01. The lowest BCUT2D eigenvalue weighted by Crippen LogP contribution is -2.55. The number of carbonyl (C=O) groups excluding carboxylic acids is 1. The minimum absolute atomic E-state index is 0.156. The summed E-state index contributed by atoms with van der Waals surface area (Å²) in [4.78, 5) is 14.8. The highest BCUT2D eigenvalue weighted by Gasteiger charge is 2.42. The molecule has 9 heteroatoms. The van der Waals surface area contributed by atoms with Crippen molar-refractivity contribution in [2.75, 3.05) is 44.7 Å². The van der Waals surface area contributed by atoms with Gasteiger partial charge in [-0.15, -0.1) is 0 Å². The molecule has 21 heavy (non-hydrogen) atoms. The van der Waals surface area contributed by atoms with Gasteiger partial charge in [0.15, 0.2) is 0 Å². The number of nitrogens with zero attached hydrogens (tertiary/aromatic N) is 2. The summed E-state index contributed by atoms with van der Waals surface area (Å²) >= 11 is 1.59. The first-order valence-corrected chi connectivity index (χ1v) is 8.09. The average Bonchev–Trinajstić information content (AvgIpc) is 2.44. The van der Waals surface area contributed by atoms with E-state index in [1.807, 2.05) is 6.26 Å². The van der Waals surface area contributed by atoms with Crippen molar-refractivity contribution >= 4 is 17.7 Å². The summed E-state index contributed by atoms with van der Waals surface area (Å²) in [7, 11) is 0. The molecular formula is C12H21F4N3OS. The van der Waals surface area contributed by atoms with Gasteiger partial charge >= 0.3 is 12.3 Å². The second-order valence-electron chi connectivity index (χ2n) is 5.05. The molecule has 1 atom stereocenters. The Hall–Kier alpha value is -0.540. The van der Waals surface area contributed by atoms with Crippen molar-refractivity contribution in [1.82, 2.24) is 9.80 Å². The molecule has 0 unspecified atom stereocenters. The van der Waals surface area contributed by atoms with Crippen molar-refractivity contribution in [3.8, 4) is 0 Å². The van der Waals surface area contributed by atoms with Crippen LogP contribution >= 0.6 is 11.8 Å².